The Labute approximate surface area is 119 Å². The number of ether oxygens (including phenoxy) is 1. The van der Waals surface area contributed by atoms with Crippen LogP contribution in [0.25, 0.3) is 0 Å². The lowest BCUT2D eigenvalue weighted by Crippen LogP contribution is -2.35. The minimum atomic E-state index is 0.568. The molecule has 0 aromatic rings. The molecule has 2 saturated carbocycles. The fourth-order valence-electron chi connectivity index (χ4n) is 4.05. The summed E-state index contributed by atoms with van der Waals surface area (Å²) in [7, 11) is 0. The highest BCUT2D eigenvalue weighted by atomic mass is 16.5. The lowest BCUT2D eigenvalue weighted by atomic mass is 9.75. The second-order valence-corrected chi connectivity index (χ2v) is 6.63. The third-order valence-electron chi connectivity index (χ3n) is 5.14. The van der Waals surface area contributed by atoms with Crippen LogP contribution >= 0.6 is 0 Å². The number of rotatable bonds is 7. The maximum absolute atomic E-state index is 6.37. The van der Waals surface area contributed by atoms with E-state index in [2.05, 4.69) is 0 Å². The standard InChI is InChI=1S/C17H33NO/c18-13-7-8-14-19-17(15-9-3-1-4-10-15)16-11-5-2-6-12-16/h15-17H,1-14,18H2. The molecule has 2 fully saturated rings. The van der Waals surface area contributed by atoms with Gasteiger partial charge in [-0.2, -0.15) is 0 Å². The Morgan fingerprint density at radius 2 is 1.32 bits per heavy atom. The van der Waals surface area contributed by atoms with Crippen molar-refractivity contribution in [3.63, 3.8) is 0 Å². The van der Waals surface area contributed by atoms with Crippen LogP contribution in [0.5, 0.6) is 0 Å². The number of hydrogen-bond donors (Lipinski definition) is 1. The molecular weight excluding hydrogens is 234 g/mol. The summed E-state index contributed by atoms with van der Waals surface area (Å²) in [5, 5.41) is 0. The van der Waals surface area contributed by atoms with Crippen molar-refractivity contribution in [1.82, 2.24) is 0 Å². The summed E-state index contributed by atoms with van der Waals surface area (Å²) in [6.07, 6.45) is 17.1. The normalized spacial score (nSPS) is 23.1. The van der Waals surface area contributed by atoms with E-state index in [1.165, 1.54) is 64.2 Å². The average Bonchev–Trinajstić information content (AvgIpc) is 2.49. The van der Waals surface area contributed by atoms with Crippen LogP contribution in [0.3, 0.4) is 0 Å². The Kier molecular flexibility index (Phi) is 7.23. The van der Waals surface area contributed by atoms with Gasteiger partial charge in [0.25, 0.3) is 0 Å². The minimum Gasteiger partial charge on any atom is -0.378 e. The van der Waals surface area contributed by atoms with Crippen LogP contribution in [0.1, 0.15) is 77.0 Å². The van der Waals surface area contributed by atoms with Crippen molar-refractivity contribution < 1.29 is 4.74 Å². The highest BCUT2D eigenvalue weighted by Crippen LogP contribution is 2.37. The molecule has 0 heterocycles. The molecule has 0 aromatic heterocycles. The van der Waals surface area contributed by atoms with Gasteiger partial charge in [0.1, 0.15) is 0 Å². The van der Waals surface area contributed by atoms with Crippen LogP contribution in [0.4, 0.5) is 0 Å². The Bertz CT molecular complexity index is 201. The average molecular weight is 267 g/mol. The van der Waals surface area contributed by atoms with Crippen LogP contribution < -0.4 is 5.73 Å². The minimum absolute atomic E-state index is 0.568. The highest BCUT2D eigenvalue weighted by Gasteiger charge is 2.31. The molecular formula is C17H33NO. The van der Waals surface area contributed by atoms with E-state index in [-0.39, 0.29) is 0 Å². The van der Waals surface area contributed by atoms with E-state index in [1.54, 1.807) is 0 Å². The molecule has 2 N–H and O–H groups in total. The lowest BCUT2D eigenvalue weighted by molar-refractivity contribution is -0.0475. The fourth-order valence-corrected chi connectivity index (χ4v) is 4.05. The third kappa shape index (κ3) is 5.07. The first-order valence-corrected chi connectivity index (χ1v) is 8.73. The molecule has 0 unspecified atom stereocenters. The summed E-state index contributed by atoms with van der Waals surface area (Å²) in [6.45, 7) is 1.75. The molecule has 0 aliphatic heterocycles. The summed E-state index contributed by atoms with van der Waals surface area (Å²) in [4.78, 5) is 0. The maximum Gasteiger partial charge on any atom is 0.0631 e. The first-order valence-electron chi connectivity index (χ1n) is 8.73. The molecule has 0 bridgehead atoms. The van der Waals surface area contributed by atoms with E-state index in [0.717, 1.165) is 37.8 Å². The van der Waals surface area contributed by atoms with Gasteiger partial charge in [0.05, 0.1) is 6.10 Å². The smallest absolute Gasteiger partial charge is 0.0631 e. The van der Waals surface area contributed by atoms with Crippen molar-refractivity contribution in [1.29, 1.82) is 0 Å². The van der Waals surface area contributed by atoms with Crippen molar-refractivity contribution in [2.45, 2.75) is 83.2 Å². The molecule has 0 spiro atoms. The monoisotopic (exact) mass is 267 g/mol. The molecule has 0 radical (unpaired) electrons. The Hall–Kier alpha value is -0.0800. The quantitative estimate of drug-likeness (QED) is 0.699. The fraction of sp³-hybridized carbons (Fsp3) is 1.00. The van der Waals surface area contributed by atoms with Crippen LogP contribution in [-0.4, -0.2) is 19.3 Å². The molecule has 0 amide bonds. The molecule has 2 aliphatic carbocycles. The second-order valence-electron chi connectivity index (χ2n) is 6.63. The predicted molar refractivity (Wildman–Crippen MR) is 81.2 cm³/mol. The Morgan fingerprint density at radius 3 is 1.79 bits per heavy atom. The molecule has 19 heavy (non-hydrogen) atoms. The molecule has 112 valence electrons. The summed E-state index contributed by atoms with van der Waals surface area (Å²) in [5.74, 6) is 1.71. The van der Waals surface area contributed by atoms with E-state index in [1.807, 2.05) is 0 Å². The largest absolute Gasteiger partial charge is 0.378 e. The van der Waals surface area contributed by atoms with E-state index < -0.39 is 0 Å². The Balaban J connectivity index is 1.83. The number of unbranched alkanes of at least 4 members (excludes halogenated alkanes) is 1. The third-order valence-corrected chi connectivity index (χ3v) is 5.14. The van der Waals surface area contributed by atoms with Gasteiger partial charge in [-0.3, -0.25) is 0 Å². The zero-order valence-corrected chi connectivity index (χ0v) is 12.6. The number of nitrogens with two attached hydrogens (primary N) is 1. The summed E-state index contributed by atoms with van der Waals surface area (Å²) in [6, 6.07) is 0. The van der Waals surface area contributed by atoms with E-state index in [4.69, 9.17) is 10.5 Å². The zero-order chi connectivity index (χ0) is 13.3. The van der Waals surface area contributed by atoms with Crippen molar-refractivity contribution in [2.24, 2.45) is 17.6 Å². The van der Waals surface area contributed by atoms with Gasteiger partial charge in [-0.1, -0.05) is 38.5 Å². The molecule has 2 nitrogen and oxygen atoms in total. The van der Waals surface area contributed by atoms with Crippen LogP contribution in [0.15, 0.2) is 0 Å². The van der Waals surface area contributed by atoms with Gasteiger partial charge < -0.3 is 10.5 Å². The van der Waals surface area contributed by atoms with Gasteiger partial charge in [-0.15, -0.1) is 0 Å². The van der Waals surface area contributed by atoms with Gasteiger partial charge in [0, 0.05) is 6.61 Å². The van der Waals surface area contributed by atoms with Crippen LogP contribution in [0, 0.1) is 11.8 Å². The lowest BCUT2D eigenvalue weighted by Gasteiger charge is -2.37. The first-order chi connectivity index (χ1) is 9.42. The molecule has 2 heteroatoms. The maximum atomic E-state index is 6.37. The van der Waals surface area contributed by atoms with Gasteiger partial charge >= 0.3 is 0 Å². The van der Waals surface area contributed by atoms with Crippen LogP contribution in [0.2, 0.25) is 0 Å². The van der Waals surface area contributed by atoms with Crippen molar-refractivity contribution >= 4 is 0 Å². The SMILES string of the molecule is NCCCCOC(C1CCCCC1)C1CCCCC1. The van der Waals surface area contributed by atoms with E-state index >= 15 is 0 Å². The summed E-state index contributed by atoms with van der Waals surface area (Å²) >= 11 is 0. The second kappa shape index (κ2) is 8.97. The van der Waals surface area contributed by atoms with Crippen LogP contribution in [-0.2, 0) is 4.74 Å². The van der Waals surface area contributed by atoms with Gasteiger partial charge in [-0.05, 0) is 56.9 Å². The van der Waals surface area contributed by atoms with Crippen molar-refractivity contribution in [3.05, 3.63) is 0 Å². The van der Waals surface area contributed by atoms with Crippen molar-refractivity contribution in [3.8, 4) is 0 Å². The highest BCUT2D eigenvalue weighted by molar-refractivity contribution is 4.82. The summed E-state index contributed by atoms with van der Waals surface area (Å²) < 4.78 is 6.37. The Morgan fingerprint density at radius 1 is 0.789 bits per heavy atom. The van der Waals surface area contributed by atoms with Crippen molar-refractivity contribution in [2.75, 3.05) is 13.2 Å². The summed E-state index contributed by atoms with van der Waals surface area (Å²) in [5.41, 5.74) is 5.58. The molecule has 0 atom stereocenters. The molecule has 2 aliphatic rings. The van der Waals surface area contributed by atoms with Gasteiger partial charge in [0.15, 0.2) is 0 Å². The van der Waals surface area contributed by atoms with Gasteiger partial charge in [-0.25, -0.2) is 0 Å². The molecule has 0 saturated heterocycles. The predicted octanol–water partition coefficient (Wildman–Crippen LogP) is 4.27. The molecule has 0 aromatic carbocycles. The topological polar surface area (TPSA) is 35.2 Å². The molecule has 2 rings (SSSR count). The number of hydrogen-bond acceptors (Lipinski definition) is 2. The van der Waals surface area contributed by atoms with Gasteiger partial charge in [0.2, 0.25) is 0 Å². The zero-order valence-electron chi connectivity index (χ0n) is 12.6. The first kappa shape index (κ1) is 15.3. The van der Waals surface area contributed by atoms with E-state index in [9.17, 15) is 0 Å². The van der Waals surface area contributed by atoms with E-state index in [0.29, 0.717) is 6.10 Å².